The predicted molar refractivity (Wildman–Crippen MR) is 69.6 cm³/mol. The molecule has 0 aliphatic rings. The number of hydrogen-bond donors (Lipinski definition) is 1. The lowest BCUT2D eigenvalue weighted by molar-refractivity contribution is 0.103. The van der Waals surface area contributed by atoms with Gasteiger partial charge in [0.25, 0.3) is 0 Å². The number of rotatable bonds is 5. The van der Waals surface area contributed by atoms with Crippen LogP contribution in [0.5, 0.6) is 0 Å². The Kier molecular flexibility index (Phi) is 5.01. The second kappa shape index (κ2) is 6.05. The van der Waals surface area contributed by atoms with Crippen molar-refractivity contribution in [3.8, 4) is 0 Å². The van der Waals surface area contributed by atoms with Gasteiger partial charge < -0.3 is 5.11 Å². The smallest absolute Gasteiger partial charge is 0.0818 e. The third-order valence-corrected chi connectivity index (χ3v) is 3.40. The molecule has 1 rings (SSSR count). The topological polar surface area (TPSA) is 20.2 Å². The summed E-state index contributed by atoms with van der Waals surface area (Å²) in [6.45, 7) is 8.55. The largest absolute Gasteiger partial charge is 0.388 e. The van der Waals surface area contributed by atoms with E-state index in [1.807, 2.05) is 0 Å². The third kappa shape index (κ3) is 3.08. The summed E-state index contributed by atoms with van der Waals surface area (Å²) in [6, 6.07) is 6.46. The van der Waals surface area contributed by atoms with Crippen LogP contribution in [0.3, 0.4) is 0 Å². The molecule has 0 fully saturated rings. The van der Waals surface area contributed by atoms with Gasteiger partial charge in [-0.05, 0) is 30.4 Å². The molecule has 90 valence electrons. The molecule has 16 heavy (non-hydrogen) atoms. The molecule has 1 aromatic rings. The Morgan fingerprint density at radius 1 is 1.06 bits per heavy atom. The van der Waals surface area contributed by atoms with Gasteiger partial charge in [0.15, 0.2) is 0 Å². The summed E-state index contributed by atoms with van der Waals surface area (Å²) in [4.78, 5) is 0. The lowest BCUT2D eigenvalue weighted by atomic mass is 9.89. The fourth-order valence-corrected chi connectivity index (χ4v) is 2.28. The van der Waals surface area contributed by atoms with E-state index in [1.54, 1.807) is 0 Å². The second-order valence-corrected chi connectivity index (χ2v) is 4.63. The summed E-state index contributed by atoms with van der Waals surface area (Å²) in [5.41, 5.74) is 3.66. The zero-order chi connectivity index (χ0) is 12.1. The van der Waals surface area contributed by atoms with Gasteiger partial charge in [-0.1, -0.05) is 57.4 Å². The van der Waals surface area contributed by atoms with Gasteiger partial charge in [0.2, 0.25) is 0 Å². The predicted octanol–water partition coefficient (Wildman–Crippen LogP) is 4.03. The Morgan fingerprint density at radius 2 is 1.69 bits per heavy atom. The average molecular weight is 220 g/mol. The van der Waals surface area contributed by atoms with E-state index in [-0.39, 0.29) is 6.10 Å². The Morgan fingerprint density at radius 3 is 2.19 bits per heavy atom. The van der Waals surface area contributed by atoms with Crippen LogP contribution in [-0.2, 0) is 6.42 Å². The van der Waals surface area contributed by atoms with Crippen LogP contribution in [0.1, 0.15) is 56.4 Å². The van der Waals surface area contributed by atoms with Crippen molar-refractivity contribution in [2.24, 2.45) is 5.92 Å². The van der Waals surface area contributed by atoms with Crippen LogP contribution in [-0.4, -0.2) is 5.11 Å². The monoisotopic (exact) mass is 220 g/mol. The number of aliphatic hydroxyl groups excluding tert-OH is 1. The first-order valence-electron chi connectivity index (χ1n) is 6.40. The molecule has 1 N–H and O–H groups in total. The maximum atomic E-state index is 10.3. The molecule has 1 heteroatoms. The van der Waals surface area contributed by atoms with Gasteiger partial charge in [-0.15, -0.1) is 0 Å². The fraction of sp³-hybridized carbons (Fsp3) is 0.600. The van der Waals surface area contributed by atoms with Gasteiger partial charge in [-0.25, -0.2) is 0 Å². The molecule has 0 amide bonds. The molecule has 1 aromatic carbocycles. The highest BCUT2D eigenvalue weighted by Gasteiger charge is 2.17. The number of aryl methyl sites for hydroxylation is 2. The molecule has 0 aliphatic carbocycles. The maximum Gasteiger partial charge on any atom is 0.0818 e. The molecular weight excluding hydrogens is 196 g/mol. The van der Waals surface area contributed by atoms with Crippen LogP contribution in [0.2, 0.25) is 0 Å². The molecule has 0 saturated heterocycles. The molecule has 1 atom stereocenters. The molecular formula is C15H24O. The highest BCUT2D eigenvalue weighted by molar-refractivity contribution is 5.31. The van der Waals surface area contributed by atoms with Crippen LogP contribution in [0, 0.1) is 12.8 Å². The second-order valence-electron chi connectivity index (χ2n) is 4.63. The van der Waals surface area contributed by atoms with Gasteiger partial charge >= 0.3 is 0 Å². The molecule has 0 radical (unpaired) electrons. The van der Waals surface area contributed by atoms with Crippen LogP contribution in [0.15, 0.2) is 18.2 Å². The van der Waals surface area contributed by atoms with Crippen molar-refractivity contribution >= 4 is 0 Å². The van der Waals surface area contributed by atoms with Crippen LogP contribution in [0.25, 0.3) is 0 Å². The fourth-order valence-electron chi connectivity index (χ4n) is 2.28. The lowest BCUT2D eigenvalue weighted by Crippen LogP contribution is -2.11. The SMILES string of the molecule is CCc1cc(C)cc(C(O)C(CC)CC)c1. The summed E-state index contributed by atoms with van der Waals surface area (Å²) in [7, 11) is 0. The summed E-state index contributed by atoms with van der Waals surface area (Å²) < 4.78 is 0. The third-order valence-electron chi connectivity index (χ3n) is 3.40. The van der Waals surface area contributed by atoms with Crippen molar-refractivity contribution in [3.05, 3.63) is 34.9 Å². The highest BCUT2D eigenvalue weighted by atomic mass is 16.3. The van der Waals surface area contributed by atoms with Crippen molar-refractivity contribution in [3.63, 3.8) is 0 Å². The highest BCUT2D eigenvalue weighted by Crippen LogP contribution is 2.28. The number of hydrogen-bond acceptors (Lipinski definition) is 1. The molecule has 0 aliphatic heterocycles. The number of benzene rings is 1. The molecule has 0 aromatic heterocycles. The van der Waals surface area contributed by atoms with Gasteiger partial charge in [-0.3, -0.25) is 0 Å². The summed E-state index contributed by atoms with van der Waals surface area (Å²) in [5, 5.41) is 10.3. The normalized spacial score (nSPS) is 13.1. The first kappa shape index (κ1) is 13.2. The first-order chi connectivity index (χ1) is 7.62. The quantitative estimate of drug-likeness (QED) is 0.794. The Hall–Kier alpha value is -0.820. The molecule has 0 saturated carbocycles. The van der Waals surface area contributed by atoms with E-state index in [1.165, 1.54) is 11.1 Å². The zero-order valence-electron chi connectivity index (χ0n) is 11.0. The van der Waals surface area contributed by atoms with E-state index in [2.05, 4.69) is 45.9 Å². The maximum absolute atomic E-state index is 10.3. The van der Waals surface area contributed by atoms with E-state index in [0.29, 0.717) is 5.92 Å². The van der Waals surface area contributed by atoms with Crippen LogP contribution >= 0.6 is 0 Å². The minimum absolute atomic E-state index is 0.305. The Balaban J connectivity index is 2.97. The Bertz CT molecular complexity index is 326. The molecule has 0 spiro atoms. The van der Waals surface area contributed by atoms with Crippen LogP contribution < -0.4 is 0 Å². The first-order valence-corrected chi connectivity index (χ1v) is 6.40. The van der Waals surface area contributed by atoms with Gasteiger partial charge in [0, 0.05) is 0 Å². The minimum atomic E-state index is -0.305. The number of aliphatic hydroxyl groups is 1. The molecule has 1 unspecified atom stereocenters. The minimum Gasteiger partial charge on any atom is -0.388 e. The van der Waals surface area contributed by atoms with Gasteiger partial charge in [0.1, 0.15) is 0 Å². The van der Waals surface area contributed by atoms with Crippen molar-refractivity contribution in [1.29, 1.82) is 0 Å². The summed E-state index contributed by atoms with van der Waals surface area (Å²) in [5.74, 6) is 0.381. The van der Waals surface area contributed by atoms with Crippen molar-refractivity contribution in [2.45, 2.75) is 53.1 Å². The molecule has 1 nitrogen and oxygen atoms in total. The van der Waals surface area contributed by atoms with Crippen molar-refractivity contribution in [2.75, 3.05) is 0 Å². The van der Waals surface area contributed by atoms with E-state index in [4.69, 9.17) is 0 Å². The van der Waals surface area contributed by atoms with E-state index in [9.17, 15) is 5.11 Å². The average Bonchev–Trinajstić information content (AvgIpc) is 2.29. The van der Waals surface area contributed by atoms with E-state index >= 15 is 0 Å². The summed E-state index contributed by atoms with van der Waals surface area (Å²) in [6.07, 6.45) is 2.80. The van der Waals surface area contributed by atoms with E-state index in [0.717, 1.165) is 24.8 Å². The van der Waals surface area contributed by atoms with Crippen molar-refractivity contribution in [1.82, 2.24) is 0 Å². The molecule has 0 heterocycles. The van der Waals surface area contributed by atoms with Gasteiger partial charge in [0.05, 0.1) is 6.10 Å². The van der Waals surface area contributed by atoms with E-state index < -0.39 is 0 Å². The van der Waals surface area contributed by atoms with Crippen molar-refractivity contribution < 1.29 is 5.11 Å². The molecule has 0 bridgehead atoms. The standard InChI is InChI=1S/C15H24O/c1-5-12-8-11(4)9-14(10-12)15(16)13(6-2)7-3/h8-10,13,15-16H,5-7H2,1-4H3. The van der Waals surface area contributed by atoms with Gasteiger partial charge in [-0.2, -0.15) is 0 Å². The lowest BCUT2D eigenvalue weighted by Gasteiger charge is -2.21. The zero-order valence-corrected chi connectivity index (χ0v) is 11.0. The summed E-state index contributed by atoms with van der Waals surface area (Å²) >= 11 is 0. The van der Waals surface area contributed by atoms with Crippen LogP contribution in [0.4, 0.5) is 0 Å². The Labute approximate surface area is 99.5 Å².